The molecule has 0 atom stereocenters. The highest BCUT2D eigenvalue weighted by atomic mass is 32.1. The Hall–Kier alpha value is -3.37. The van der Waals surface area contributed by atoms with Gasteiger partial charge >= 0.3 is 0 Å². The summed E-state index contributed by atoms with van der Waals surface area (Å²) in [6.07, 6.45) is 1.67. The number of carbonyl (C=O) groups excluding carboxylic acids is 1. The molecule has 0 saturated carbocycles. The van der Waals surface area contributed by atoms with Gasteiger partial charge in [-0.1, -0.05) is 6.07 Å². The Balaban J connectivity index is 1.53. The minimum absolute atomic E-state index is 0.104. The van der Waals surface area contributed by atoms with Gasteiger partial charge in [-0.15, -0.1) is 11.3 Å². The number of pyridine rings is 1. The number of aromatic nitrogens is 2. The molecule has 1 aliphatic heterocycles. The molecule has 1 N–H and O–H groups in total. The number of hydrogen-bond acceptors (Lipinski definition) is 8. The van der Waals surface area contributed by atoms with Crippen molar-refractivity contribution in [3.8, 4) is 11.4 Å². The highest BCUT2D eigenvalue weighted by Crippen LogP contribution is 2.30. The van der Waals surface area contributed by atoms with Crippen LogP contribution in [0, 0.1) is 10.1 Å². The maximum absolute atomic E-state index is 12.6. The van der Waals surface area contributed by atoms with Gasteiger partial charge in [-0.2, -0.15) is 0 Å². The lowest BCUT2D eigenvalue weighted by Crippen LogP contribution is -2.36. The zero-order chi connectivity index (χ0) is 20.2. The van der Waals surface area contributed by atoms with Crippen LogP contribution in [0.25, 0.3) is 11.4 Å². The van der Waals surface area contributed by atoms with Crippen molar-refractivity contribution < 1.29 is 14.5 Å². The first kappa shape index (κ1) is 19.0. The van der Waals surface area contributed by atoms with Gasteiger partial charge in [-0.05, 0) is 24.3 Å². The van der Waals surface area contributed by atoms with Gasteiger partial charge in [0.15, 0.2) is 5.13 Å². The van der Waals surface area contributed by atoms with Crippen molar-refractivity contribution in [2.24, 2.45) is 0 Å². The normalized spacial score (nSPS) is 13.9. The van der Waals surface area contributed by atoms with Gasteiger partial charge in [0.2, 0.25) is 0 Å². The Morgan fingerprint density at radius 1 is 1.21 bits per heavy atom. The van der Waals surface area contributed by atoms with Crippen LogP contribution in [-0.2, 0) is 4.74 Å². The van der Waals surface area contributed by atoms with Gasteiger partial charge in [0.25, 0.3) is 11.6 Å². The third kappa shape index (κ3) is 4.23. The van der Waals surface area contributed by atoms with Crippen molar-refractivity contribution in [3.63, 3.8) is 0 Å². The maximum Gasteiger partial charge on any atom is 0.293 e. The molecule has 0 bridgehead atoms. The minimum Gasteiger partial charge on any atom is -0.378 e. The molecule has 29 heavy (non-hydrogen) atoms. The summed E-state index contributed by atoms with van der Waals surface area (Å²) in [4.78, 5) is 34.2. The fourth-order valence-electron chi connectivity index (χ4n) is 3.01. The van der Waals surface area contributed by atoms with E-state index in [1.54, 1.807) is 23.7 Å². The van der Waals surface area contributed by atoms with Crippen molar-refractivity contribution in [2.45, 2.75) is 0 Å². The number of hydrogen-bond donors (Lipinski definition) is 1. The van der Waals surface area contributed by atoms with E-state index in [9.17, 15) is 14.9 Å². The van der Waals surface area contributed by atoms with Crippen molar-refractivity contribution >= 4 is 33.8 Å². The average Bonchev–Trinajstić information content (AvgIpc) is 3.23. The molecule has 0 spiro atoms. The van der Waals surface area contributed by atoms with E-state index in [2.05, 4.69) is 15.3 Å². The quantitative estimate of drug-likeness (QED) is 0.507. The second-order valence-electron chi connectivity index (χ2n) is 6.27. The van der Waals surface area contributed by atoms with E-state index >= 15 is 0 Å². The predicted octanol–water partition coefficient (Wildman–Crippen LogP) is 3.20. The number of anilines is 2. The predicted molar refractivity (Wildman–Crippen MR) is 109 cm³/mol. The molecule has 0 aliphatic carbocycles. The molecule has 1 aromatic carbocycles. The number of benzene rings is 1. The lowest BCUT2D eigenvalue weighted by molar-refractivity contribution is -0.384. The smallest absolute Gasteiger partial charge is 0.293 e. The first-order chi connectivity index (χ1) is 14.1. The molecule has 148 valence electrons. The van der Waals surface area contributed by atoms with Crippen LogP contribution in [0.15, 0.2) is 48.0 Å². The van der Waals surface area contributed by atoms with Crippen LogP contribution < -0.4 is 10.2 Å². The molecule has 10 heteroatoms. The summed E-state index contributed by atoms with van der Waals surface area (Å²) in [5, 5.41) is 16.4. The van der Waals surface area contributed by atoms with E-state index in [0.717, 1.165) is 0 Å². The van der Waals surface area contributed by atoms with E-state index in [1.807, 2.05) is 23.1 Å². The Morgan fingerprint density at radius 2 is 2.03 bits per heavy atom. The summed E-state index contributed by atoms with van der Waals surface area (Å²) >= 11 is 1.26. The molecule has 9 nitrogen and oxygen atoms in total. The lowest BCUT2D eigenvalue weighted by Gasteiger charge is -2.28. The van der Waals surface area contributed by atoms with Crippen LogP contribution >= 0.6 is 11.3 Å². The minimum atomic E-state index is -0.468. The Kier molecular flexibility index (Phi) is 5.45. The molecular weight excluding hydrogens is 394 g/mol. The van der Waals surface area contributed by atoms with Gasteiger partial charge in [0.05, 0.1) is 23.8 Å². The maximum atomic E-state index is 12.6. The van der Waals surface area contributed by atoms with Crippen LogP contribution in [0.4, 0.5) is 16.5 Å². The molecular formula is C19H17N5O4S. The van der Waals surface area contributed by atoms with Gasteiger partial charge in [0, 0.05) is 36.3 Å². The second-order valence-corrected chi connectivity index (χ2v) is 7.13. The Bertz CT molecular complexity index is 1030. The number of carbonyl (C=O) groups is 1. The summed E-state index contributed by atoms with van der Waals surface area (Å²) in [7, 11) is 0. The summed E-state index contributed by atoms with van der Waals surface area (Å²) in [6, 6.07) is 9.99. The lowest BCUT2D eigenvalue weighted by atomic mass is 10.1. The molecule has 3 heterocycles. The van der Waals surface area contributed by atoms with E-state index in [4.69, 9.17) is 4.74 Å². The number of nitrogens with one attached hydrogen (secondary N) is 1. The standard InChI is InChI=1S/C19H17N5O4S/c25-18(22-19-21-15(12-29-19)14-3-1-2-6-20-14)13-4-5-16(17(11-13)24(26)27)23-7-9-28-10-8-23/h1-6,11-12H,7-10H2,(H,21,22,25). The van der Waals surface area contributed by atoms with E-state index in [-0.39, 0.29) is 11.3 Å². The molecule has 4 rings (SSSR count). The average molecular weight is 411 g/mol. The number of ether oxygens (including phenoxy) is 1. The summed E-state index contributed by atoms with van der Waals surface area (Å²) in [5.74, 6) is -0.455. The molecule has 2 aromatic heterocycles. The third-order valence-corrected chi connectivity index (χ3v) is 5.20. The van der Waals surface area contributed by atoms with Crippen LogP contribution in [0.2, 0.25) is 0 Å². The van der Waals surface area contributed by atoms with Crippen LogP contribution in [0.1, 0.15) is 10.4 Å². The number of nitro groups is 1. The fraction of sp³-hybridized carbons (Fsp3) is 0.211. The number of thiazole rings is 1. The van der Waals surface area contributed by atoms with E-state index in [1.165, 1.54) is 17.4 Å². The zero-order valence-electron chi connectivity index (χ0n) is 15.3. The first-order valence-corrected chi connectivity index (χ1v) is 9.79. The van der Waals surface area contributed by atoms with Crippen LogP contribution in [-0.4, -0.2) is 47.1 Å². The van der Waals surface area contributed by atoms with Gasteiger partial charge in [0.1, 0.15) is 11.4 Å². The van der Waals surface area contributed by atoms with Crippen molar-refractivity contribution in [1.29, 1.82) is 0 Å². The highest BCUT2D eigenvalue weighted by molar-refractivity contribution is 7.14. The zero-order valence-corrected chi connectivity index (χ0v) is 16.1. The van der Waals surface area contributed by atoms with Gasteiger partial charge in [-0.25, -0.2) is 4.98 Å². The monoisotopic (exact) mass is 411 g/mol. The Morgan fingerprint density at radius 3 is 2.76 bits per heavy atom. The van der Waals surface area contributed by atoms with E-state index < -0.39 is 10.8 Å². The van der Waals surface area contributed by atoms with E-state index in [0.29, 0.717) is 48.5 Å². The third-order valence-electron chi connectivity index (χ3n) is 4.44. The molecule has 3 aromatic rings. The van der Waals surface area contributed by atoms with Crippen molar-refractivity contribution in [1.82, 2.24) is 9.97 Å². The molecule has 0 unspecified atom stereocenters. The highest BCUT2D eigenvalue weighted by Gasteiger charge is 2.23. The van der Waals surface area contributed by atoms with Crippen LogP contribution in [0.5, 0.6) is 0 Å². The van der Waals surface area contributed by atoms with Crippen molar-refractivity contribution in [3.05, 3.63) is 63.7 Å². The second kappa shape index (κ2) is 8.33. The number of rotatable bonds is 5. The molecule has 1 fully saturated rings. The molecule has 1 aliphatic rings. The first-order valence-electron chi connectivity index (χ1n) is 8.91. The topological polar surface area (TPSA) is 110 Å². The number of nitrogens with zero attached hydrogens (tertiary/aromatic N) is 4. The van der Waals surface area contributed by atoms with Gasteiger partial charge in [-0.3, -0.25) is 25.2 Å². The summed E-state index contributed by atoms with van der Waals surface area (Å²) in [6.45, 7) is 2.17. The number of nitro benzene ring substituents is 1. The van der Waals surface area contributed by atoms with Crippen LogP contribution in [0.3, 0.4) is 0 Å². The summed E-state index contributed by atoms with van der Waals surface area (Å²) < 4.78 is 5.30. The molecule has 0 radical (unpaired) electrons. The largest absolute Gasteiger partial charge is 0.378 e. The molecule has 1 amide bonds. The van der Waals surface area contributed by atoms with Crippen molar-refractivity contribution in [2.75, 3.05) is 36.5 Å². The number of amides is 1. The van der Waals surface area contributed by atoms with Gasteiger partial charge < -0.3 is 9.64 Å². The number of morpholine rings is 1. The SMILES string of the molecule is O=C(Nc1nc(-c2ccccn2)cs1)c1ccc(N2CCOCC2)c([N+](=O)[O-])c1. The Labute approximate surface area is 170 Å². The summed E-state index contributed by atoms with van der Waals surface area (Å²) in [5.41, 5.74) is 1.94. The fourth-order valence-corrected chi connectivity index (χ4v) is 3.71. The molecule has 1 saturated heterocycles.